The molecule has 0 spiro atoms. The fourth-order valence-electron chi connectivity index (χ4n) is 7.63. The third-order valence-corrected chi connectivity index (χ3v) is 10.7. The van der Waals surface area contributed by atoms with E-state index in [2.05, 4.69) is 32.5 Å². The van der Waals surface area contributed by atoms with Crippen molar-refractivity contribution in [2.45, 2.75) is 25.3 Å². The number of amides is 4. The van der Waals surface area contributed by atoms with Crippen molar-refractivity contribution in [2.75, 3.05) is 36.2 Å². The van der Waals surface area contributed by atoms with Crippen molar-refractivity contribution in [1.29, 1.82) is 0 Å². The van der Waals surface area contributed by atoms with Crippen molar-refractivity contribution in [3.63, 3.8) is 0 Å². The molecule has 0 saturated carbocycles. The maximum absolute atomic E-state index is 13.5. The van der Waals surface area contributed by atoms with Crippen molar-refractivity contribution in [2.24, 2.45) is 26.1 Å². The Kier molecular flexibility index (Phi) is 11.0. The van der Waals surface area contributed by atoms with Gasteiger partial charge in [0.2, 0.25) is 11.7 Å². The lowest BCUT2D eigenvalue weighted by Crippen LogP contribution is -2.35. The van der Waals surface area contributed by atoms with E-state index < -0.39 is 17.8 Å². The van der Waals surface area contributed by atoms with Gasteiger partial charge in [-0.2, -0.15) is 0 Å². The van der Waals surface area contributed by atoms with Gasteiger partial charge in [-0.15, -0.1) is 0 Å². The zero-order valence-corrected chi connectivity index (χ0v) is 34.7. The minimum absolute atomic E-state index is 0.00424. The standard InChI is InChI=1S/C44H42N10O9/c1-24-13-29-19-45-31-18-36(35(62-5)17-30(31)42(58)54(29)20-24)63-12-6-7-38(55)48-37-23-52(4)39(49-37)41(57)47-27-15-33(50(2)21-27)40(56)46-28-16-34(51(3)22-28)43(59)53-11-10-25-14-26(44(60)61)8-9-32(25)53/h8-11,14-19,21-23,29H,1,6-7,12-13,20H2,2-5H3,(H,46,56)(H,47,57)(H,48,55)(H,60,61)/t29-/m0/s1. The zero-order chi connectivity index (χ0) is 44.7. The first-order valence-electron chi connectivity index (χ1n) is 19.7. The van der Waals surface area contributed by atoms with E-state index in [4.69, 9.17) is 9.47 Å². The number of imidazole rings is 1. The van der Waals surface area contributed by atoms with E-state index in [0.717, 1.165) is 5.57 Å². The molecule has 2 aromatic carbocycles. The molecule has 19 heteroatoms. The molecule has 63 heavy (non-hydrogen) atoms. The van der Waals surface area contributed by atoms with Gasteiger partial charge < -0.3 is 49.1 Å². The molecule has 1 fully saturated rings. The number of aromatic carboxylic acids is 1. The van der Waals surface area contributed by atoms with E-state index in [9.17, 15) is 33.9 Å². The number of rotatable bonds is 13. The first-order valence-corrected chi connectivity index (χ1v) is 19.7. The number of carbonyl (C=O) groups excluding carboxylic acids is 5. The molecule has 8 rings (SSSR count). The molecule has 6 aromatic rings. The van der Waals surface area contributed by atoms with Crippen molar-refractivity contribution >= 4 is 75.5 Å². The number of hydrogen-bond acceptors (Lipinski definition) is 10. The van der Waals surface area contributed by atoms with E-state index in [1.807, 2.05) is 0 Å². The normalized spacial score (nSPS) is 14.3. The summed E-state index contributed by atoms with van der Waals surface area (Å²) in [5, 5.41) is 18.1. The van der Waals surface area contributed by atoms with Crippen LogP contribution in [-0.4, -0.2) is 101 Å². The lowest BCUT2D eigenvalue weighted by molar-refractivity contribution is -0.116. The number of hydrogen-bond donors (Lipinski definition) is 4. The Balaban J connectivity index is 0.837. The summed E-state index contributed by atoms with van der Waals surface area (Å²) in [7, 11) is 6.39. The molecule has 1 saturated heterocycles. The van der Waals surface area contributed by atoms with E-state index in [1.165, 1.54) is 51.3 Å². The van der Waals surface area contributed by atoms with Crippen LogP contribution in [0.1, 0.15) is 71.6 Å². The lowest BCUT2D eigenvalue weighted by Gasteiger charge is -2.20. The molecule has 0 unspecified atom stereocenters. The summed E-state index contributed by atoms with van der Waals surface area (Å²) in [6.07, 6.45) is 9.04. The first-order chi connectivity index (χ1) is 30.2. The molecule has 4 aromatic heterocycles. The van der Waals surface area contributed by atoms with Crippen molar-refractivity contribution in [3.05, 3.63) is 114 Å². The Hall–Kier alpha value is -8.22. The van der Waals surface area contributed by atoms with Gasteiger partial charge in [-0.3, -0.25) is 33.5 Å². The lowest BCUT2D eigenvalue weighted by atomic mass is 10.1. The van der Waals surface area contributed by atoms with Crippen molar-refractivity contribution in [1.82, 2.24) is 28.2 Å². The summed E-state index contributed by atoms with van der Waals surface area (Å²) in [6.45, 7) is 4.65. The molecule has 0 radical (unpaired) electrons. The predicted octanol–water partition coefficient (Wildman–Crippen LogP) is 5.24. The number of nitrogens with one attached hydrogen (secondary N) is 3. The van der Waals surface area contributed by atoms with Gasteiger partial charge in [0, 0.05) is 76.6 Å². The topological polar surface area (TPSA) is 225 Å². The first kappa shape index (κ1) is 41.5. The fraction of sp³-hybridized carbons (Fsp3) is 0.227. The molecule has 0 aliphatic carbocycles. The second-order valence-corrected chi connectivity index (χ2v) is 15.2. The van der Waals surface area contributed by atoms with Gasteiger partial charge in [0.15, 0.2) is 17.3 Å². The quantitative estimate of drug-likeness (QED) is 0.0874. The van der Waals surface area contributed by atoms with Crippen molar-refractivity contribution in [3.8, 4) is 11.5 Å². The Morgan fingerprint density at radius 2 is 1.60 bits per heavy atom. The maximum Gasteiger partial charge on any atom is 0.335 e. The second kappa shape index (κ2) is 16.7. The number of benzene rings is 2. The van der Waals surface area contributed by atoms with E-state index in [0.29, 0.717) is 64.4 Å². The highest BCUT2D eigenvalue weighted by Crippen LogP contribution is 2.38. The summed E-state index contributed by atoms with van der Waals surface area (Å²) >= 11 is 0. The summed E-state index contributed by atoms with van der Waals surface area (Å²) in [5.74, 6) is -2.11. The minimum Gasteiger partial charge on any atom is -0.493 e. The number of anilines is 3. The highest BCUT2D eigenvalue weighted by Gasteiger charge is 2.34. The number of fused-ring (bicyclic) bond motifs is 3. The number of ether oxygens (including phenoxy) is 2. The highest BCUT2D eigenvalue weighted by atomic mass is 16.5. The fourth-order valence-corrected chi connectivity index (χ4v) is 7.63. The smallest absolute Gasteiger partial charge is 0.335 e. The SMILES string of the molecule is C=C1C[C@H]2C=Nc3cc(OCCCC(=O)Nc4cn(C)c(C(=O)Nc5cc(C(=O)Nc6cc(C(=O)n7ccc8cc(C(=O)O)ccc87)n(C)c6)n(C)c5)n4)c(OC)cc3C(=O)N2C1. The molecule has 2 aliphatic rings. The predicted molar refractivity (Wildman–Crippen MR) is 232 cm³/mol. The molecule has 6 heterocycles. The monoisotopic (exact) mass is 854 g/mol. The number of carboxylic acids is 1. The van der Waals surface area contributed by atoms with Gasteiger partial charge in [-0.25, -0.2) is 9.78 Å². The van der Waals surface area contributed by atoms with Gasteiger partial charge in [0.25, 0.3) is 23.6 Å². The number of carbonyl (C=O) groups is 6. The van der Waals surface area contributed by atoms with E-state index in [1.54, 1.807) is 79.7 Å². The van der Waals surface area contributed by atoms with Gasteiger partial charge in [-0.05, 0) is 55.3 Å². The summed E-state index contributed by atoms with van der Waals surface area (Å²) in [5.41, 5.74) is 3.63. The molecular weight excluding hydrogens is 813 g/mol. The third-order valence-electron chi connectivity index (χ3n) is 10.7. The van der Waals surface area contributed by atoms with Gasteiger partial charge in [-0.1, -0.05) is 12.2 Å². The molecule has 19 nitrogen and oxygen atoms in total. The number of nitrogens with zero attached hydrogens (tertiary/aromatic N) is 7. The van der Waals surface area contributed by atoms with Crippen LogP contribution in [0.5, 0.6) is 11.5 Å². The largest absolute Gasteiger partial charge is 0.493 e. The molecular formula is C44H42N10O9. The van der Waals surface area contributed by atoms with Crippen LogP contribution in [0.25, 0.3) is 10.9 Å². The average Bonchev–Trinajstić information content (AvgIpc) is 4.07. The van der Waals surface area contributed by atoms with Crippen LogP contribution in [0.4, 0.5) is 22.9 Å². The van der Waals surface area contributed by atoms with Crippen LogP contribution in [0.2, 0.25) is 0 Å². The second-order valence-electron chi connectivity index (χ2n) is 15.2. The number of carboxylic acid groups (broad SMARTS) is 1. The Morgan fingerprint density at radius 3 is 2.35 bits per heavy atom. The van der Waals surface area contributed by atoms with Crippen LogP contribution in [0.3, 0.4) is 0 Å². The van der Waals surface area contributed by atoms with Gasteiger partial charge in [0.1, 0.15) is 11.4 Å². The Labute approximate surface area is 359 Å². The Morgan fingerprint density at radius 1 is 0.873 bits per heavy atom. The van der Waals surface area contributed by atoms with Gasteiger partial charge in [0.05, 0.1) is 53.5 Å². The summed E-state index contributed by atoms with van der Waals surface area (Å²) < 4.78 is 17.4. The van der Waals surface area contributed by atoms with E-state index in [-0.39, 0.29) is 65.4 Å². The van der Waals surface area contributed by atoms with Crippen LogP contribution in [-0.2, 0) is 25.9 Å². The number of aliphatic imine (C=N–C) groups is 1. The van der Waals surface area contributed by atoms with Crippen LogP contribution in [0, 0.1) is 0 Å². The van der Waals surface area contributed by atoms with Crippen LogP contribution < -0.4 is 25.4 Å². The van der Waals surface area contributed by atoms with Crippen molar-refractivity contribution < 1.29 is 43.3 Å². The van der Waals surface area contributed by atoms with Gasteiger partial charge >= 0.3 is 5.97 Å². The number of methoxy groups -OCH3 is 1. The van der Waals surface area contributed by atoms with E-state index >= 15 is 0 Å². The third kappa shape index (κ3) is 8.30. The number of aromatic nitrogens is 5. The molecule has 2 aliphatic heterocycles. The zero-order valence-electron chi connectivity index (χ0n) is 34.7. The summed E-state index contributed by atoms with van der Waals surface area (Å²) in [4.78, 5) is 88.2. The molecule has 4 amide bonds. The molecule has 0 bridgehead atoms. The molecule has 4 N–H and O–H groups in total. The van der Waals surface area contributed by atoms with Crippen LogP contribution in [0.15, 0.2) is 90.5 Å². The average molecular weight is 855 g/mol. The molecule has 322 valence electrons. The maximum atomic E-state index is 13.5. The highest BCUT2D eigenvalue weighted by molar-refractivity contribution is 6.08. The van der Waals surface area contributed by atoms with Crippen LogP contribution >= 0.6 is 0 Å². The minimum atomic E-state index is -1.07. The molecule has 1 atom stereocenters. The number of aryl methyl sites for hydroxylation is 3. The Bertz CT molecular complexity index is 2930. The summed E-state index contributed by atoms with van der Waals surface area (Å²) in [6, 6.07) is 12.3.